The van der Waals surface area contributed by atoms with Gasteiger partial charge in [-0.25, -0.2) is 14.4 Å². The topological polar surface area (TPSA) is 140 Å². The van der Waals surface area contributed by atoms with Crippen molar-refractivity contribution < 1.29 is 23.7 Å². The van der Waals surface area contributed by atoms with Crippen molar-refractivity contribution in [3.63, 3.8) is 0 Å². The van der Waals surface area contributed by atoms with Gasteiger partial charge in [-0.3, -0.25) is 9.59 Å². The Morgan fingerprint density at radius 3 is 2.41 bits per heavy atom. The first kappa shape index (κ1) is 35.9. The van der Waals surface area contributed by atoms with E-state index in [1.54, 1.807) is 52.2 Å². The van der Waals surface area contributed by atoms with Gasteiger partial charge in [0.1, 0.15) is 11.4 Å². The number of unbranched alkanes of at least 4 members (excludes halogenated alkanes) is 2. The van der Waals surface area contributed by atoms with Crippen LogP contribution in [0.1, 0.15) is 77.2 Å². The summed E-state index contributed by atoms with van der Waals surface area (Å²) in [6.45, 7) is 7.50. The Morgan fingerprint density at radius 2 is 1.75 bits per heavy atom. The minimum Gasteiger partial charge on any atom is -0.588 e. The molecule has 2 amide bonds. The number of hydrogen-bond donors (Lipinski definition) is 2. The third-order valence-corrected chi connectivity index (χ3v) is 10.4. The molecule has 11 nitrogen and oxygen atoms in total. The molecule has 0 spiro atoms. The molecule has 0 aliphatic carbocycles. The first-order chi connectivity index (χ1) is 24.8. The van der Waals surface area contributed by atoms with Crippen LogP contribution >= 0.6 is 0 Å². The fourth-order valence-electron chi connectivity index (χ4n) is 6.36. The van der Waals surface area contributed by atoms with E-state index in [4.69, 9.17) is 9.52 Å². The highest BCUT2D eigenvalue weighted by atomic mass is 32.2. The average Bonchev–Trinajstić information content (AvgIpc) is 3.84. The Kier molecular flexibility index (Phi) is 11.5. The zero-order valence-electron chi connectivity index (χ0n) is 29.2. The number of hydrogen-bond acceptors (Lipinski definition) is 8. The fraction of sp³-hybridized carbons (Fsp3) is 0.333. The highest BCUT2D eigenvalue weighted by Crippen LogP contribution is 2.30. The lowest BCUT2D eigenvalue weighted by atomic mass is 9.93. The Labute approximate surface area is 301 Å². The number of rotatable bonds is 14. The van der Waals surface area contributed by atoms with Crippen LogP contribution in [0.3, 0.4) is 0 Å². The molecule has 3 aromatic carbocycles. The molecule has 1 aliphatic rings. The number of aromatic nitrogens is 3. The molecule has 0 fully saturated rings. The SMILES string of the molecule is CCCCN(CCCC)C(=O)c1cc(C)n(-c2ccc(N[S+]([O-])c3ccc(-c4cnco4)cc3)cc2C(=O)N2Cc3ccccc3C[C@H]2CO)n1. The number of carbonyl (C=O) groups is 2. The predicted octanol–water partition coefficient (Wildman–Crippen LogP) is 6.57. The normalized spacial score (nSPS) is 14.6. The predicted molar refractivity (Wildman–Crippen MR) is 197 cm³/mol. The van der Waals surface area contributed by atoms with Crippen LogP contribution in [-0.4, -0.2) is 71.8 Å². The van der Waals surface area contributed by atoms with Crippen molar-refractivity contribution in [2.75, 3.05) is 24.4 Å². The van der Waals surface area contributed by atoms with E-state index < -0.39 is 17.4 Å². The van der Waals surface area contributed by atoms with Gasteiger partial charge in [0, 0.05) is 30.9 Å². The van der Waals surface area contributed by atoms with Gasteiger partial charge in [0.15, 0.2) is 22.7 Å². The van der Waals surface area contributed by atoms with Crippen molar-refractivity contribution in [1.29, 1.82) is 0 Å². The molecule has 266 valence electrons. The van der Waals surface area contributed by atoms with Crippen molar-refractivity contribution in [3.05, 3.63) is 113 Å². The van der Waals surface area contributed by atoms with Crippen LogP contribution in [0.15, 0.2) is 94.7 Å². The minimum absolute atomic E-state index is 0.136. The monoisotopic (exact) mass is 708 g/mol. The second-order valence-corrected chi connectivity index (χ2v) is 14.0. The van der Waals surface area contributed by atoms with E-state index in [1.807, 2.05) is 48.2 Å². The van der Waals surface area contributed by atoms with E-state index >= 15 is 0 Å². The van der Waals surface area contributed by atoms with Gasteiger partial charge in [0.05, 0.1) is 35.8 Å². The van der Waals surface area contributed by atoms with Crippen LogP contribution in [0, 0.1) is 6.92 Å². The number of aryl methyl sites for hydroxylation is 1. The average molecular weight is 709 g/mol. The summed E-state index contributed by atoms with van der Waals surface area (Å²) in [6, 6.07) is 21.5. The van der Waals surface area contributed by atoms with E-state index in [-0.39, 0.29) is 18.4 Å². The summed E-state index contributed by atoms with van der Waals surface area (Å²) in [4.78, 5) is 36.4. The molecule has 0 radical (unpaired) electrons. The summed E-state index contributed by atoms with van der Waals surface area (Å²) < 4.78 is 23.6. The third-order valence-electron chi connectivity index (χ3n) is 9.23. The number of nitrogens with zero attached hydrogens (tertiary/aromatic N) is 5. The standard InChI is InChI=1S/C39H44N6O5S/c1-4-6-18-43(19-7-5-2)39(48)35-20-27(3)45(41-35)36-17-14-31(42-51(49)33-15-12-28(13-16-33)37-23-40-26-50-37)22-34(36)38(47)44-24-30-11-9-8-10-29(30)21-32(44)25-46/h8-17,20,22-23,26,32,42,46H,4-7,18-19,21,24-25H2,1-3H3/t32-,51?/m0/s1. The summed E-state index contributed by atoms with van der Waals surface area (Å²) in [5.41, 5.74) is 5.17. The van der Waals surface area contributed by atoms with E-state index in [9.17, 15) is 19.2 Å². The number of oxazole rings is 1. The minimum atomic E-state index is -1.66. The van der Waals surface area contributed by atoms with Crippen LogP contribution in [0.5, 0.6) is 0 Å². The van der Waals surface area contributed by atoms with Crippen molar-refractivity contribution in [2.45, 2.75) is 70.4 Å². The number of carbonyl (C=O) groups excluding carboxylic acids is 2. The van der Waals surface area contributed by atoms with Gasteiger partial charge in [0.25, 0.3) is 11.8 Å². The van der Waals surface area contributed by atoms with E-state index in [0.717, 1.165) is 42.4 Å². The summed E-state index contributed by atoms with van der Waals surface area (Å²) in [5.74, 6) is 0.163. The lowest BCUT2D eigenvalue weighted by Crippen LogP contribution is -2.46. The highest BCUT2D eigenvalue weighted by molar-refractivity contribution is 7.92. The summed E-state index contributed by atoms with van der Waals surface area (Å²) in [5, 5.41) is 15.2. The molecular weight excluding hydrogens is 665 g/mol. The smallest absolute Gasteiger partial charge is 0.274 e. The first-order valence-corrected chi connectivity index (χ1v) is 18.6. The van der Waals surface area contributed by atoms with Crippen LogP contribution < -0.4 is 4.72 Å². The molecular formula is C39H44N6O5S. The largest absolute Gasteiger partial charge is 0.588 e. The number of nitrogens with one attached hydrogen (secondary N) is 1. The van der Waals surface area contributed by atoms with Gasteiger partial charge in [-0.2, -0.15) is 5.10 Å². The fourth-order valence-corrected chi connectivity index (χ4v) is 7.21. The molecule has 0 bridgehead atoms. The second kappa shape index (κ2) is 16.4. The number of aliphatic hydroxyl groups is 1. The van der Waals surface area contributed by atoms with Crippen LogP contribution in [0.25, 0.3) is 17.0 Å². The van der Waals surface area contributed by atoms with Gasteiger partial charge >= 0.3 is 0 Å². The van der Waals surface area contributed by atoms with Crippen molar-refractivity contribution >= 4 is 28.9 Å². The van der Waals surface area contributed by atoms with Crippen LogP contribution in [-0.2, 0) is 24.3 Å². The van der Waals surface area contributed by atoms with Crippen LogP contribution in [0.4, 0.5) is 5.69 Å². The van der Waals surface area contributed by atoms with Crippen LogP contribution in [0.2, 0.25) is 0 Å². The maximum Gasteiger partial charge on any atom is 0.274 e. The molecule has 1 aliphatic heterocycles. The van der Waals surface area contributed by atoms with Gasteiger partial charge in [-0.1, -0.05) is 51.0 Å². The number of benzene rings is 3. The van der Waals surface area contributed by atoms with Crippen molar-refractivity contribution in [2.24, 2.45) is 0 Å². The Morgan fingerprint density at radius 1 is 1.02 bits per heavy atom. The van der Waals surface area contributed by atoms with Gasteiger partial charge in [-0.15, -0.1) is 0 Å². The quantitative estimate of drug-likeness (QED) is 0.124. The Balaban J connectivity index is 1.35. The zero-order chi connectivity index (χ0) is 35.9. The van der Waals surface area contributed by atoms with E-state index in [1.165, 1.54) is 6.39 Å². The highest BCUT2D eigenvalue weighted by Gasteiger charge is 2.32. The van der Waals surface area contributed by atoms with Gasteiger partial charge in [-0.05, 0) is 85.8 Å². The Bertz CT molecular complexity index is 1940. The van der Waals surface area contributed by atoms with E-state index in [2.05, 4.69) is 23.6 Å². The first-order valence-electron chi connectivity index (χ1n) is 17.5. The molecule has 2 atom stereocenters. The van der Waals surface area contributed by atoms with Crippen molar-refractivity contribution in [1.82, 2.24) is 24.6 Å². The van der Waals surface area contributed by atoms with Crippen molar-refractivity contribution in [3.8, 4) is 17.0 Å². The molecule has 51 heavy (non-hydrogen) atoms. The maximum absolute atomic E-state index is 14.6. The molecule has 0 saturated heterocycles. The molecule has 1 unspecified atom stereocenters. The lowest BCUT2D eigenvalue weighted by Gasteiger charge is -2.36. The maximum atomic E-state index is 14.6. The molecule has 5 aromatic rings. The third kappa shape index (κ3) is 8.03. The zero-order valence-corrected chi connectivity index (χ0v) is 30.1. The molecule has 12 heteroatoms. The lowest BCUT2D eigenvalue weighted by molar-refractivity contribution is 0.0544. The number of anilines is 1. The molecule has 3 heterocycles. The molecule has 2 N–H and O–H groups in total. The summed E-state index contributed by atoms with van der Waals surface area (Å²) >= 11 is -1.66. The Hall–Kier alpha value is -4.91. The summed E-state index contributed by atoms with van der Waals surface area (Å²) in [6.07, 6.45) is 7.25. The van der Waals surface area contributed by atoms with Gasteiger partial charge in [0.2, 0.25) is 0 Å². The second-order valence-electron chi connectivity index (χ2n) is 12.8. The van der Waals surface area contributed by atoms with Gasteiger partial charge < -0.3 is 23.9 Å². The summed E-state index contributed by atoms with van der Waals surface area (Å²) in [7, 11) is 0. The molecule has 2 aromatic heterocycles. The van der Waals surface area contributed by atoms with E-state index in [0.29, 0.717) is 65.0 Å². The molecule has 6 rings (SSSR count). The number of fused-ring (bicyclic) bond motifs is 1. The molecule has 0 saturated carbocycles. The number of aliphatic hydroxyl groups excluding tert-OH is 1. The number of amides is 2.